The highest BCUT2D eigenvalue weighted by Gasteiger charge is 2.27. The Balaban J connectivity index is 1.64. The smallest absolute Gasteiger partial charge is 0.228 e. The second-order valence-electron chi connectivity index (χ2n) is 7.49. The predicted octanol–water partition coefficient (Wildman–Crippen LogP) is 4.99. The summed E-state index contributed by atoms with van der Waals surface area (Å²) in [4.78, 5) is 12.7. The van der Waals surface area contributed by atoms with Crippen LogP contribution in [0.15, 0.2) is 22.8 Å². The predicted molar refractivity (Wildman–Crippen MR) is 105 cm³/mol. The Morgan fingerprint density at radius 2 is 2.04 bits per heavy atom. The molecule has 3 rings (SSSR count). The third-order valence-electron chi connectivity index (χ3n) is 5.60. The van der Waals surface area contributed by atoms with E-state index in [1.165, 1.54) is 19.3 Å². The molecule has 0 aliphatic heterocycles. The molecule has 1 aromatic carbocycles. The van der Waals surface area contributed by atoms with Crippen LogP contribution >= 0.6 is 0 Å². The molecule has 6 nitrogen and oxygen atoms in total. The molecule has 146 valence electrons. The summed E-state index contributed by atoms with van der Waals surface area (Å²) < 4.78 is 10.2. The van der Waals surface area contributed by atoms with E-state index in [-0.39, 0.29) is 11.8 Å². The van der Waals surface area contributed by atoms with Crippen molar-refractivity contribution in [3.8, 4) is 17.0 Å². The molecule has 0 unspecified atom stereocenters. The second-order valence-corrected chi connectivity index (χ2v) is 7.49. The fraction of sp³-hybridized carbons (Fsp3) is 0.571. The van der Waals surface area contributed by atoms with Crippen molar-refractivity contribution in [3.63, 3.8) is 0 Å². The van der Waals surface area contributed by atoms with Gasteiger partial charge in [-0.3, -0.25) is 4.79 Å². The maximum absolute atomic E-state index is 12.7. The summed E-state index contributed by atoms with van der Waals surface area (Å²) in [5, 5.41) is 10.9. The van der Waals surface area contributed by atoms with Crippen LogP contribution < -0.4 is 10.1 Å². The van der Waals surface area contributed by atoms with Crippen LogP contribution in [-0.4, -0.2) is 23.3 Å². The van der Waals surface area contributed by atoms with Crippen LogP contribution in [0.5, 0.6) is 5.75 Å². The number of unbranched alkanes of at least 4 members (excludes halogenated alkanes) is 1. The number of aromatic nitrogens is 2. The molecule has 1 heterocycles. The van der Waals surface area contributed by atoms with Gasteiger partial charge in [0.2, 0.25) is 11.7 Å². The van der Waals surface area contributed by atoms with E-state index < -0.39 is 0 Å². The molecule has 1 fully saturated rings. The molecule has 0 radical (unpaired) electrons. The Kier molecular flexibility index (Phi) is 6.48. The summed E-state index contributed by atoms with van der Waals surface area (Å²) in [5.41, 5.74) is 2.41. The average molecular weight is 371 g/mol. The molecular weight excluding hydrogens is 342 g/mol. The zero-order valence-electron chi connectivity index (χ0n) is 16.5. The van der Waals surface area contributed by atoms with Gasteiger partial charge in [-0.1, -0.05) is 26.2 Å². The van der Waals surface area contributed by atoms with Crippen molar-refractivity contribution < 1.29 is 14.2 Å². The minimum absolute atomic E-state index is 0.0204. The van der Waals surface area contributed by atoms with Gasteiger partial charge < -0.3 is 10.1 Å². The summed E-state index contributed by atoms with van der Waals surface area (Å²) in [7, 11) is 1.63. The molecule has 6 heteroatoms. The van der Waals surface area contributed by atoms with Crippen LogP contribution in [0.3, 0.4) is 0 Å². The van der Waals surface area contributed by atoms with Gasteiger partial charge in [-0.15, -0.1) is 0 Å². The maximum Gasteiger partial charge on any atom is 0.228 e. The molecular formula is C21H29N3O3. The van der Waals surface area contributed by atoms with Crippen LogP contribution in [0.25, 0.3) is 11.3 Å². The number of methoxy groups -OCH3 is 1. The molecule has 1 saturated carbocycles. The largest absolute Gasteiger partial charge is 0.497 e. The molecule has 2 aromatic rings. The van der Waals surface area contributed by atoms with Gasteiger partial charge >= 0.3 is 0 Å². The Morgan fingerprint density at radius 1 is 1.26 bits per heavy atom. The third kappa shape index (κ3) is 4.67. The minimum atomic E-state index is 0.0204. The van der Waals surface area contributed by atoms with Crippen molar-refractivity contribution in [2.75, 3.05) is 12.4 Å². The van der Waals surface area contributed by atoms with Gasteiger partial charge in [0.25, 0.3) is 0 Å². The van der Waals surface area contributed by atoms with E-state index in [0.717, 1.165) is 48.5 Å². The topological polar surface area (TPSA) is 77.3 Å². The van der Waals surface area contributed by atoms with E-state index >= 15 is 0 Å². The third-order valence-corrected chi connectivity index (χ3v) is 5.60. The van der Waals surface area contributed by atoms with Crippen LogP contribution in [-0.2, 0) is 4.79 Å². The van der Waals surface area contributed by atoms with E-state index in [1.807, 2.05) is 25.1 Å². The maximum atomic E-state index is 12.7. The van der Waals surface area contributed by atoms with Crippen molar-refractivity contribution in [1.29, 1.82) is 0 Å². The fourth-order valence-electron chi connectivity index (χ4n) is 3.90. The molecule has 1 amide bonds. The molecule has 0 atom stereocenters. The summed E-state index contributed by atoms with van der Waals surface area (Å²) in [6.45, 7) is 4.20. The van der Waals surface area contributed by atoms with Crippen LogP contribution in [0.4, 0.5) is 5.82 Å². The first-order valence-corrected chi connectivity index (χ1v) is 9.90. The fourth-order valence-corrected chi connectivity index (χ4v) is 3.90. The van der Waals surface area contributed by atoms with Crippen molar-refractivity contribution in [1.82, 2.24) is 10.3 Å². The normalized spacial score (nSPS) is 19.7. The zero-order chi connectivity index (χ0) is 19.2. The van der Waals surface area contributed by atoms with Crippen molar-refractivity contribution in [2.24, 2.45) is 11.8 Å². The van der Waals surface area contributed by atoms with E-state index in [0.29, 0.717) is 11.5 Å². The van der Waals surface area contributed by atoms with Gasteiger partial charge in [-0.2, -0.15) is 0 Å². The van der Waals surface area contributed by atoms with Crippen LogP contribution in [0.1, 0.15) is 57.4 Å². The van der Waals surface area contributed by atoms with Crippen molar-refractivity contribution in [3.05, 3.63) is 23.8 Å². The molecule has 0 saturated heterocycles. The minimum Gasteiger partial charge on any atom is -0.497 e. The van der Waals surface area contributed by atoms with Gasteiger partial charge in [-0.05, 0) is 72.6 Å². The number of benzene rings is 1. The molecule has 1 N–H and O–H groups in total. The monoisotopic (exact) mass is 371 g/mol. The van der Waals surface area contributed by atoms with E-state index in [1.54, 1.807) is 7.11 Å². The Labute approximate surface area is 160 Å². The Morgan fingerprint density at radius 3 is 2.70 bits per heavy atom. The first-order chi connectivity index (χ1) is 13.1. The van der Waals surface area contributed by atoms with Crippen LogP contribution in [0.2, 0.25) is 0 Å². The SMILES string of the molecule is CCCCC1CCC(C(=O)Nc2nonc2-c2ccc(OC)cc2C)CC1. The lowest BCUT2D eigenvalue weighted by Crippen LogP contribution is -2.27. The number of carbonyl (C=O) groups excluding carboxylic acids is 1. The summed E-state index contributed by atoms with van der Waals surface area (Å²) >= 11 is 0. The number of nitrogens with zero attached hydrogens (tertiary/aromatic N) is 2. The lowest BCUT2D eigenvalue weighted by atomic mass is 9.79. The average Bonchev–Trinajstić information content (AvgIpc) is 3.14. The van der Waals surface area contributed by atoms with Gasteiger partial charge in [0.1, 0.15) is 5.75 Å². The van der Waals surface area contributed by atoms with Crippen molar-refractivity contribution >= 4 is 11.7 Å². The Bertz CT molecular complexity index is 764. The first kappa shape index (κ1) is 19.4. The zero-order valence-corrected chi connectivity index (χ0v) is 16.5. The van der Waals surface area contributed by atoms with Crippen molar-refractivity contribution in [2.45, 2.75) is 58.8 Å². The highest BCUT2D eigenvalue weighted by molar-refractivity contribution is 5.94. The second kappa shape index (κ2) is 9.02. The van der Waals surface area contributed by atoms with E-state index in [9.17, 15) is 4.79 Å². The molecule has 1 aliphatic rings. The van der Waals surface area contributed by atoms with Gasteiger partial charge in [0.15, 0.2) is 5.69 Å². The quantitative estimate of drug-likeness (QED) is 0.742. The Hall–Kier alpha value is -2.37. The number of ether oxygens (including phenoxy) is 1. The number of amides is 1. The lowest BCUT2D eigenvalue weighted by molar-refractivity contribution is -0.121. The van der Waals surface area contributed by atoms with Gasteiger partial charge in [0.05, 0.1) is 7.11 Å². The summed E-state index contributed by atoms with van der Waals surface area (Å²) in [5.74, 6) is 2.01. The van der Waals surface area contributed by atoms with Gasteiger partial charge in [0, 0.05) is 11.5 Å². The number of rotatable bonds is 7. The lowest BCUT2D eigenvalue weighted by Gasteiger charge is -2.27. The highest BCUT2D eigenvalue weighted by atomic mass is 16.6. The number of nitrogens with one attached hydrogen (secondary N) is 1. The summed E-state index contributed by atoms with van der Waals surface area (Å²) in [6, 6.07) is 5.69. The van der Waals surface area contributed by atoms with Crippen LogP contribution in [0, 0.1) is 18.8 Å². The van der Waals surface area contributed by atoms with Gasteiger partial charge in [-0.25, -0.2) is 4.63 Å². The number of aryl methyl sites for hydroxylation is 1. The first-order valence-electron chi connectivity index (χ1n) is 9.90. The molecule has 1 aromatic heterocycles. The highest BCUT2D eigenvalue weighted by Crippen LogP contribution is 2.34. The van der Waals surface area contributed by atoms with E-state index in [4.69, 9.17) is 9.37 Å². The standard InChI is InChI=1S/C21H29N3O3/c1-4-5-6-15-7-9-16(10-8-15)21(25)22-20-19(23-27-24-20)18-12-11-17(26-3)13-14(18)2/h11-13,15-16H,4-10H2,1-3H3,(H,22,24,25). The molecule has 0 bridgehead atoms. The number of hydrogen-bond acceptors (Lipinski definition) is 5. The number of anilines is 1. The number of hydrogen-bond donors (Lipinski definition) is 1. The number of carbonyl (C=O) groups is 1. The van der Waals surface area contributed by atoms with E-state index in [2.05, 4.69) is 22.6 Å². The molecule has 1 aliphatic carbocycles. The molecule has 0 spiro atoms. The molecule has 27 heavy (non-hydrogen) atoms. The summed E-state index contributed by atoms with van der Waals surface area (Å²) in [6.07, 6.45) is 7.99.